The summed E-state index contributed by atoms with van der Waals surface area (Å²) in [5.74, 6) is 0.884. The van der Waals surface area contributed by atoms with Crippen molar-refractivity contribution in [2.45, 2.75) is 6.92 Å². The number of aromatic nitrogens is 3. The summed E-state index contributed by atoms with van der Waals surface area (Å²) in [5.41, 5.74) is 1.32. The third-order valence-electron chi connectivity index (χ3n) is 3.06. The van der Waals surface area contributed by atoms with Crippen LogP contribution in [0, 0.1) is 17.0 Å². The van der Waals surface area contributed by atoms with Gasteiger partial charge in [-0.2, -0.15) is 5.10 Å². The van der Waals surface area contributed by atoms with Gasteiger partial charge in [0.15, 0.2) is 0 Å². The van der Waals surface area contributed by atoms with Crippen molar-refractivity contribution in [2.75, 3.05) is 0 Å². The third-order valence-corrected chi connectivity index (χ3v) is 3.06. The Bertz CT molecular complexity index is 815. The molecule has 3 rings (SSSR count). The van der Waals surface area contributed by atoms with Crippen molar-refractivity contribution in [3.8, 4) is 17.3 Å². The SMILES string of the molecule is Cc1cc(Oc2cccc(-n3cccn3)c2)ncc1[N+](=O)[O-]. The second kappa shape index (κ2) is 5.65. The molecule has 0 unspecified atom stereocenters. The lowest BCUT2D eigenvalue weighted by Crippen LogP contribution is -1.97. The van der Waals surface area contributed by atoms with Gasteiger partial charge in [-0.3, -0.25) is 10.1 Å². The molecule has 0 amide bonds. The van der Waals surface area contributed by atoms with Gasteiger partial charge in [0.25, 0.3) is 5.69 Å². The summed E-state index contributed by atoms with van der Waals surface area (Å²) < 4.78 is 7.37. The Labute approximate surface area is 126 Å². The second-order valence-electron chi connectivity index (χ2n) is 4.62. The first-order chi connectivity index (χ1) is 10.6. The van der Waals surface area contributed by atoms with Gasteiger partial charge in [-0.1, -0.05) is 6.07 Å². The first-order valence-corrected chi connectivity index (χ1v) is 6.52. The Kier molecular flexibility index (Phi) is 3.53. The van der Waals surface area contributed by atoms with Crippen LogP contribution in [-0.4, -0.2) is 19.7 Å². The molecule has 0 aliphatic heterocycles. The van der Waals surface area contributed by atoms with Crippen LogP contribution in [-0.2, 0) is 0 Å². The molecule has 7 nitrogen and oxygen atoms in total. The minimum absolute atomic E-state index is 0.0300. The van der Waals surface area contributed by atoms with Crippen LogP contribution < -0.4 is 4.74 Å². The zero-order valence-corrected chi connectivity index (χ0v) is 11.7. The molecule has 0 saturated carbocycles. The molecule has 0 radical (unpaired) electrons. The number of ether oxygens (including phenoxy) is 1. The van der Waals surface area contributed by atoms with Gasteiger partial charge in [0.05, 0.1) is 10.6 Å². The standard InChI is InChI=1S/C15H12N4O3/c1-11-8-15(16-10-14(11)19(20)21)22-13-5-2-4-12(9-13)18-7-3-6-17-18/h2-10H,1H3. The number of hydrogen-bond donors (Lipinski definition) is 0. The Hall–Kier alpha value is -3.22. The molecule has 1 aromatic carbocycles. The summed E-state index contributed by atoms with van der Waals surface area (Å²) in [6.45, 7) is 1.65. The Morgan fingerprint density at radius 3 is 2.82 bits per heavy atom. The molecule has 0 aliphatic carbocycles. The van der Waals surface area contributed by atoms with E-state index < -0.39 is 4.92 Å². The van der Waals surface area contributed by atoms with Crippen LogP contribution >= 0.6 is 0 Å². The second-order valence-corrected chi connectivity index (χ2v) is 4.62. The van der Waals surface area contributed by atoms with Crippen LogP contribution in [0.1, 0.15) is 5.56 Å². The molecule has 0 N–H and O–H groups in total. The third kappa shape index (κ3) is 2.78. The number of hydrogen-bond acceptors (Lipinski definition) is 5. The maximum absolute atomic E-state index is 10.8. The molecule has 22 heavy (non-hydrogen) atoms. The molecule has 0 saturated heterocycles. The average molecular weight is 296 g/mol. The molecule has 0 atom stereocenters. The van der Waals surface area contributed by atoms with E-state index in [-0.39, 0.29) is 5.69 Å². The monoisotopic (exact) mass is 296 g/mol. The highest BCUT2D eigenvalue weighted by molar-refractivity contribution is 5.43. The van der Waals surface area contributed by atoms with Crippen LogP contribution in [0.4, 0.5) is 5.69 Å². The Morgan fingerprint density at radius 2 is 2.14 bits per heavy atom. The molecule has 0 bridgehead atoms. The van der Waals surface area contributed by atoms with Gasteiger partial charge in [0, 0.05) is 30.1 Å². The van der Waals surface area contributed by atoms with E-state index in [1.54, 1.807) is 29.9 Å². The lowest BCUT2D eigenvalue weighted by molar-refractivity contribution is -0.385. The van der Waals surface area contributed by atoms with E-state index in [0.717, 1.165) is 5.69 Å². The fourth-order valence-electron chi connectivity index (χ4n) is 2.00. The van der Waals surface area contributed by atoms with Crippen molar-refractivity contribution < 1.29 is 9.66 Å². The van der Waals surface area contributed by atoms with Crippen LogP contribution in [0.15, 0.2) is 55.0 Å². The summed E-state index contributed by atoms with van der Waals surface area (Å²) in [7, 11) is 0. The topological polar surface area (TPSA) is 83.1 Å². The minimum atomic E-state index is -0.468. The number of rotatable bonds is 4. The first-order valence-electron chi connectivity index (χ1n) is 6.52. The summed E-state index contributed by atoms with van der Waals surface area (Å²) in [5, 5.41) is 14.9. The fraction of sp³-hybridized carbons (Fsp3) is 0.0667. The largest absolute Gasteiger partial charge is 0.439 e. The normalized spacial score (nSPS) is 10.4. The van der Waals surface area contributed by atoms with E-state index >= 15 is 0 Å². The summed E-state index contributed by atoms with van der Waals surface area (Å²) in [6, 6.07) is 10.7. The van der Waals surface area contributed by atoms with Gasteiger partial charge in [-0.25, -0.2) is 9.67 Å². The Balaban J connectivity index is 1.86. The maximum Gasteiger partial charge on any atom is 0.290 e. The van der Waals surface area contributed by atoms with Gasteiger partial charge in [0.1, 0.15) is 11.9 Å². The van der Waals surface area contributed by atoms with Gasteiger partial charge < -0.3 is 4.74 Å². The molecule has 0 aliphatic rings. The van der Waals surface area contributed by atoms with E-state index in [0.29, 0.717) is 17.2 Å². The van der Waals surface area contributed by atoms with Crippen molar-refractivity contribution in [1.29, 1.82) is 0 Å². The van der Waals surface area contributed by atoms with E-state index in [1.807, 2.05) is 30.5 Å². The molecular weight excluding hydrogens is 284 g/mol. The zero-order valence-electron chi connectivity index (χ0n) is 11.7. The van der Waals surface area contributed by atoms with E-state index in [2.05, 4.69) is 10.1 Å². The zero-order chi connectivity index (χ0) is 15.5. The quantitative estimate of drug-likeness (QED) is 0.545. The first kappa shape index (κ1) is 13.7. The molecule has 3 aromatic rings. The summed E-state index contributed by atoms with van der Waals surface area (Å²) in [4.78, 5) is 14.3. The highest BCUT2D eigenvalue weighted by atomic mass is 16.6. The van der Waals surface area contributed by atoms with Gasteiger partial charge in [-0.05, 0) is 25.1 Å². The van der Waals surface area contributed by atoms with Crippen molar-refractivity contribution in [3.05, 3.63) is 70.7 Å². The van der Waals surface area contributed by atoms with Gasteiger partial charge in [0.2, 0.25) is 5.88 Å². The van der Waals surface area contributed by atoms with Crippen molar-refractivity contribution in [2.24, 2.45) is 0 Å². The molecule has 2 heterocycles. The molecule has 110 valence electrons. The predicted octanol–water partition coefficient (Wildman–Crippen LogP) is 3.28. The van der Waals surface area contributed by atoms with Crippen LogP contribution in [0.5, 0.6) is 11.6 Å². The van der Waals surface area contributed by atoms with Gasteiger partial charge in [-0.15, -0.1) is 0 Å². The van der Waals surface area contributed by atoms with Crippen molar-refractivity contribution >= 4 is 5.69 Å². The van der Waals surface area contributed by atoms with E-state index in [4.69, 9.17) is 4.74 Å². The predicted molar refractivity (Wildman–Crippen MR) is 79.3 cm³/mol. The lowest BCUT2D eigenvalue weighted by atomic mass is 10.2. The summed E-state index contributed by atoms with van der Waals surface area (Å²) in [6.07, 6.45) is 4.71. The number of aryl methyl sites for hydroxylation is 1. The van der Waals surface area contributed by atoms with Crippen molar-refractivity contribution in [1.82, 2.24) is 14.8 Å². The molecular formula is C15H12N4O3. The van der Waals surface area contributed by atoms with Crippen LogP contribution in [0.3, 0.4) is 0 Å². The lowest BCUT2D eigenvalue weighted by Gasteiger charge is -2.07. The van der Waals surface area contributed by atoms with E-state index in [1.165, 1.54) is 6.20 Å². The molecule has 2 aromatic heterocycles. The number of benzene rings is 1. The summed E-state index contributed by atoms with van der Waals surface area (Å²) >= 11 is 0. The fourth-order valence-corrected chi connectivity index (χ4v) is 2.00. The minimum Gasteiger partial charge on any atom is -0.439 e. The number of pyridine rings is 1. The average Bonchev–Trinajstić information content (AvgIpc) is 3.01. The highest BCUT2D eigenvalue weighted by Gasteiger charge is 2.12. The Morgan fingerprint density at radius 1 is 1.27 bits per heavy atom. The molecule has 0 spiro atoms. The molecule has 0 fully saturated rings. The maximum atomic E-state index is 10.8. The van der Waals surface area contributed by atoms with Gasteiger partial charge >= 0.3 is 0 Å². The van der Waals surface area contributed by atoms with Crippen LogP contribution in [0.25, 0.3) is 5.69 Å². The molecule has 7 heteroatoms. The number of nitrogens with zero attached hydrogens (tertiary/aromatic N) is 4. The highest BCUT2D eigenvalue weighted by Crippen LogP contribution is 2.25. The van der Waals surface area contributed by atoms with E-state index in [9.17, 15) is 10.1 Å². The number of nitro groups is 1. The smallest absolute Gasteiger partial charge is 0.290 e. The van der Waals surface area contributed by atoms with Crippen molar-refractivity contribution in [3.63, 3.8) is 0 Å². The van der Waals surface area contributed by atoms with Crippen LogP contribution in [0.2, 0.25) is 0 Å².